The van der Waals surface area contributed by atoms with Crippen LogP contribution in [0.2, 0.25) is 0 Å². The first-order chi connectivity index (χ1) is 7.31. The molecule has 5 heteroatoms. The molecule has 0 radical (unpaired) electrons. The Morgan fingerprint density at radius 1 is 1.67 bits per heavy atom. The predicted molar refractivity (Wildman–Crippen MR) is 56.9 cm³/mol. The van der Waals surface area contributed by atoms with Crippen molar-refractivity contribution in [3.8, 4) is 5.75 Å². The number of ether oxygens (including phenoxy) is 1. The lowest BCUT2D eigenvalue weighted by Crippen LogP contribution is -2.22. The van der Waals surface area contributed by atoms with Crippen molar-refractivity contribution in [2.45, 2.75) is 6.54 Å². The third-order valence-corrected chi connectivity index (χ3v) is 1.94. The Hall–Kier alpha value is -1.46. The number of hydrogen-bond donors (Lipinski definition) is 2. The number of hydrogen-bond acceptors (Lipinski definition) is 5. The van der Waals surface area contributed by atoms with E-state index >= 15 is 0 Å². The van der Waals surface area contributed by atoms with Gasteiger partial charge in [-0.1, -0.05) is 0 Å². The lowest BCUT2D eigenvalue weighted by molar-refractivity contribution is 0.111. The van der Waals surface area contributed by atoms with Crippen molar-refractivity contribution in [3.63, 3.8) is 0 Å². The molecule has 3 N–H and O–H groups in total. The minimum atomic E-state index is 0.370. The van der Waals surface area contributed by atoms with Gasteiger partial charge in [-0.15, -0.1) is 0 Å². The van der Waals surface area contributed by atoms with E-state index in [1.165, 1.54) is 0 Å². The molecule has 82 valence electrons. The molecule has 0 saturated carbocycles. The van der Waals surface area contributed by atoms with E-state index in [2.05, 4.69) is 10.3 Å². The van der Waals surface area contributed by atoms with Crippen LogP contribution in [0.25, 0.3) is 0 Å². The molecule has 1 aromatic rings. The van der Waals surface area contributed by atoms with E-state index in [0.29, 0.717) is 30.8 Å². The van der Waals surface area contributed by atoms with Crippen LogP contribution in [0.1, 0.15) is 16.1 Å². The summed E-state index contributed by atoms with van der Waals surface area (Å²) in [6, 6.07) is 1.62. The van der Waals surface area contributed by atoms with Gasteiger partial charge < -0.3 is 15.8 Å². The van der Waals surface area contributed by atoms with Gasteiger partial charge in [0.2, 0.25) is 0 Å². The Kier molecular flexibility index (Phi) is 4.73. The number of nitrogens with one attached hydrogen (secondary N) is 1. The third-order valence-electron chi connectivity index (χ3n) is 1.94. The zero-order valence-electron chi connectivity index (χ0n) is 8.69. The fourth-order valence-corrected chi connectivity index (χ4v) is 1.19. The van der Waals surface area contributed by atoms with Gasteiger partial charge >= 0.3 is 0 Å². The number of aromatic nitrogens is 1. The highest BCUT2D eigenvalue weighted by molar-refractivity contribution is 5.72. The van der Waals surface area contributed by atoms with Crippen LogP contribution >= 0.6 is 0 Å². The number of nitrogens with zero attached hydrogens (tertiary/aromatic N) is 1. The SMILES string of the molecule is COc1cc(C=O)ncc1CNCCN. The minimum Gasteiger partial charge on any atom is -0.496 e. The van der Waals surface area contributed by atoms with Gasteiger partial charge in [0.25, 0.3) is 0 Å². The van der Waals surface area contributed by atoms with Crippen LogP contribution in [0, 0.1) is 0 Å². The number of aldehydes is 1. The van der Waals surface area contributed by atoms with E-state index in [0.717, 1.165) is 12.1 Å². The van der Waals surface area contributed by atoms with E-state index in [1.807, 2.05) is 0 Å². The number of pyridine rings is 1. The molecule has 1 rings (SSSR count). The van der Waals surface area contributed by atoms with Gasteiger partial charge in [-0.2, -0.15) is 0 Å². The molecule has 0 spiro atoms. The summed E-state index contributed by atoms with van der Waals surface area (Å²) < 4.78 is 5.15. The maximum Gasteiger partial charge on any atom is 0.168 e. The van der Waals surface area contributed by atoms with Crippen molar-refractivity contribution < 1.29 is 9.53 Å². The number of carbonyl (C=O) groups excluding carboxylic acids is 1. The highest BCUT2D eigenvalue weighted by atomic mass is 16.5. The van der Waals surface area contributed by atoms with E-state index in [1.54, 1.807) is 19.4 Å². The van der Waals surface area contributed by atoms with E-state index in [9.17, 15) is 4.79 Å². The summed E-state index contributed by atoms with van der Waals surface area (Å²) in [5, 5.41) is 3.13. The zero-order chi connectivity index (χ0) is 11.1. The average molecular weight is 209 g/mol. The molecular formula is C10H15N3O2. The van der Waals surface area contributed by atoms with Gasteiger partial charge in [0, 0.05) is 37.5 Å². The van der Waals surface area contributed by atoms with Gasteiger partial charge in [0.1, 0.15) is 11.4 Å². The van der Waals surface area contributed by atoms with Gasteiger partial charge in [-0.3, -0.25) is 9.78 Å². The highest BCUT2D eigenvalue weighted by Gasteiger charge is 2.04. The second kappa shape index (κ2) is 6.10. The number of methoxy groups -OCH3 is 1. The monoisotopic (exact) mass is 209 g/mol. The summed E-state index contributed by atoms with van der Waals surface area (Å²) in [6.45, 7) is 1.95. The van der Waals surface area contributed by atoms with Crippen LogP contribution in [0.3, 0.4) is 0 Å². The molecular weight excluding hydrogens is 194 g/mol. The summed E-state index contributed by atoms with van der Waals surface area (Å²) in [6.07, 6.45) is 2.33. The van der Waals surface area contributed by atoms with E-state index in [-0.39, 0.29) is 0 Å². The average Bonchev–Trinajstić information content (AvgIpc) is 2.29. The van der Waals surface area contributed by atoms with E-state index in [4.69, 9.17) is 10.5 Å². The first-order valence-electron chi connectivity index (χ1n) is 4.70. The molecule has 0 aliphatic carbocycles. The Labute approximate surface area is 88.6 Å². The van der Waals surface area contributed by atoms with Crippen LogP contribution in [0.5, 0.6) is 5.75 Å². The summed E-state index contributed by atoms with van der Waals surface area (Å²) in [4.78, 5) is 14.5. The number of carbonyl (C=O) groups is 1. The summed E-state index contributed by atoms with van der Waals surface area (Å²) in [5.41, 5.74) is 6.64. The van der Waals surface area contributed by atoms with Crippen LogP contribution < -0.4 is 15.8 Å². The lowest BCUT2D eigenvalue weighted by atomic mass is 10.2. The Bertz CT molecular complexity index is 328. The molecule has 5 nitrogen and oxygen atoms in total. The number of nitrogens with two attached hydrogens (primary N) is 1. The minimum absolute atomic E-state index is 0.370. The van der Waals surface area contributed by atoms with Crippen molar-refractivity contribution in [3.05, 3.63) is 23.5 Å². The lowest BCUT2D eigenvalue weighted by Gasteiger charge is -2.08. The molecule has 1 aromatic heterocycles. The Morgan fingerprint density at radius 3 is 3.07 bits per heavy atom. The fraction of sp³-hybridized carbons (Fsp3) is 0.400. The molecule has 0 aliphatic rings. The maximum absolute atomic E-state index is 10.5. The quantitative estimate of drug-likeness (QED) is 0.507. The Balaban J connectivity index is 2.73. The second-order valence-corrected chi connectivity index (χ2v) is 3.00. The van der Waals surface area contributed by atoms with Gasteiger partial charge in [0.05, 0.1) is 7.11 Å². The first kappa shape index (κ1) is 11.6. The van der Waals surface area contributed by atoms with Gasteiger partial charge in [-0.25, -0.2) is 0 Å². The van der Waals surface area contributed by atoms with Crippen molar-refractivity contribution in [2.24, 2.45) is 5.73 Å². The van der Waals surface area contributed by atoms with Crippen LogP contribution in [0.4, 0.5) is 0 Å². The maximum atomic E-state index is 10.5. The van der Waals surface area contributed by atoms with E-state index < -0.39 is 0 Å². The second-order valence-electron chi connectivity index (χ2n) is 3.00. The highest BCUT2D eigenvalue weighted by Crippen LogP contribution is 2.17. The molecule has 0 atom stereocenters. The van der Waals surface area contributed by atoms with Gasteiger partial charge in [-0.05, 0) is 0 Å². The van der Waals surface area contributed by atoms with Crippen LogP contribution in [0.15, 0.2) is 12.3 Å². The van der Waals surface area contributed by atoms with Crippen molar-refractivity contribution in [1.82, 2.24) is 10.3 Å². The molecule has 0 aliphatic heterocycles. The standard InChI is InChI=1S/C10H15N3O2/c1-15-10-4-9(7-14)13-6-8(10)5-12-3-2-11/h4,6-7,12H,2-3,5,11H2,1H3. The molecule has 0 saturated heterocycles. The molecule has 0 fully saturated rings. The van der Waals surface area contributed by atoms with Crippen LogP contribution in [-0.2, 0) is 6.54 Å². The smallest absolute Gasteiger partial charge is 0.168 e. The zero-order valence-corrected chi connectivity index (χ0v) is 8.69. The summed E-state index contributed by atoms with van der Waals surface area (Å²) >= 11 is 0. The topological polar surface area (TPSA) is 77.2 Å². The largest absolute Gasteiger partial charge is 0.496 e. The van der Waals surface area contributed by atoms with Crippen LogP contribution in [-0.4, -0.2) is 31.5 Å². The Morgan fingerprint density at radius 2 is 2.47 bits per heavy atom. The van der Waals surface area contributed by atoms with Gasteiger partial charge in [0.15, 0.2) is 6.29 Å². The summed E-state index contributed by atoms with van der Waals surface area (Å²) in [7, 11) is 1.57. The van der Waals surface area contributed by atoms with Crippen molar-refractivity contribution in [2.75, 3.05) is 20.2 Å². The molecule has 1 heterocycles. The van der Waals surface area contributed by atoms with Crippen molar-refractivity contribution >= 4 is 6.29 Å². The molecule has 15 heavy (non-hydrogen) atoms. The van der Waals surface area contributed by atoms with Crippen molar-refractivity contribution in [1.29, 1.82) is 0 Å². The normalized spacial score (nSPS) is 10.0. The molecule has 0 aromatic carbocycles. The fourth-order valence-electron chi connectivity index (χ4n) is 1.19. The molecule has 0 bridgehead atoms. The third kappa shape index (κ3) is 3.30. The predicted octanol–water partition coefficient (Wildman–Crippen LogP) is -0.0490. The number of rotatable bonds is 6. The first-order valence-corrected chi connectivity index (χ1v) is 4.70. The molecule has 0 unspecified atom stereocenters. The molecule has 0 amide bonds. The summed E-state index contributed by atoms with van der Waals surface area (Å²) in [5.74, 6) is 0.664.